The standard InChI is InChI=1S/C78H49FN2O2/c79-70-46-54(50-21-5-1-6-22-50)45-66(52-25-9-3-10-26-52)77(70)80(55-27-11-4-12-28-55)57-43-44-62-69-49-67-60-31-14-13-30-59(60)65(48-68(67)63-33-20-38-74(76(63)69)82-75(62)47-57)53-39-41-56(42-40-53)81(71-35-17-15-29-58(71)51-23-7-2-8-24-51)72-36-19-34-64-61-32-16-18-37-73(61)83-78(64)72/h1-49H. The molecule has 83 heavy (non-hydrogen) atoms. The first kappa shape index (κ1) is 47.9. The molecule has 0 spiro atoms. The molecule has 390 valence electrons. The summed E-state index contributed by atoms with van der Waals surface area (Å²) in [5.74, 6) is 1.14. The van der Waals surface area contributed by atoms with Gasteiger partial charge in [0, 0.05) is 50.3 Å². The molecule has 0 unspecified atom stereocenters. The smallest absolute Gasteiger partial charge is 0.159 e. The Bertz CT molecular complexity index is 5000. The molecule has 0 saturated heterocycles. The van der Waals surface area contributed by atoms with Gasteiger partial charge in [-0.05, 0) is 151 Å². The van der Waals surface area contributed by atoms with Crippen LogP contribution in [0.15, 0.2) is 302 Å². The van der Waals surface area contributed by atoms with Crippen LogP contribution in [0.2, 0.25) is 0 Å². The highest BCUT2D eigenvalue weighted by atomic mass is 19.1. The van der Waals surface area contributed by atoms with Gasteiger partial charge in [0.25, 0.3) is 0 Å². The molecular weight excluding hydrogens is 1020 g/mol. The second-order valence-corrected chi connectivity index (χ2v) is 21.2. The average Bonchev–Trinajstić information content (AvgIpc) is 3.17. The first-order valence-electron chi connectivity index (χ1n) is 28.1. The maximum absolute atomic E-state index is 17.4. The lowest BCUT2D eigenvalue weighted by Crippen LogP contribution is -2.14. The number of benzene rings is 14. The zero-order chi connectivity index (χ0) is 55.0. The van der Waals surface area contributed by atoms with Crippen LogP contribution in [0.1, 0.15) is 0 Å². The van der Waals surface area contributed by atoms with Gasteiger partial charge in [-0.15, -0.1) is 0 Å². The molecule has 0 radical (unpaired) electrons. The van der Waals surface area contributed by atoms with Gasteiger partial charge in [-0.1, -0.05) is 206 Å². The van der Waals surface area contributed by atoms with E-state index >= 15 is 4.39 Å². The summed E-state index contributed by atoms with van der Waals surface area (Å²) in [5, 5.41) is 8.92. The fraction of sp³-hybridized carbons (Fsp3) is 0. The van der Waals surface area contributed by atoms with Crippen molar-refractivity contribution in [3.8, 4) is 67.1 Å². The van der Waals surface area contributed by atoms with Gasteiger partial charge in [0.05, 0.1) is 22.7 Å². The summed E-state index contributed by atoms with van der Waals surface area (Å²) in [4.78, 5) is 4.37. The van der Waals surface area contributed by atoms with Gasteiger partial charge in [-0.3, -0.25) is 0 Å². The van der Waals surface area contributed by atoms with Crippen molar-refractivity contribution < 1.29 is 13.5 Å². The molecule has 16 rings (SSSR count). The van der Waals surface area contributed by atoms with E-state index in [-0.39, 0.29) is 5.82 Å². The maximum atomic E-state index is 17.4. The van der Waals surface area contributed by atoms with Crippen LogP contribution in [0.5, 0.6) is 11.5 Å². The van der Waals surface area contributed by atoms with E-state index in [4.69, 9.17) is 9.15 Å². The number of furan rings is 1. The Labute approximate surface area is 479 Å². The number of nitrogens with zero attached hydrogens (tertiary/aromatic N) is 2. The number of para-hydroxylation sites is 4. The van der Waals surface area contributed by atoms with Gasteiger partial charge in [0.1, 0.15) is 22.9 Å². The highest BCUT2D eigenvalue weighted by molar-refractivity contribution is 6.25. The number of hydrogen-bond acceptors (Lipinski definition) is 4. The van der Waals surface area contributed by atoms with Crippen molar-refractivity contribution in [2.75, 3.05) is 9.80 Å². The van der Waals surface area contributed by atoms with Crippen LogP contribution in [-0.4, -0.2) is 0 Å². The van der Waals surface area contributed by atoms with Gasteiger partial charge in [-0.2, -0.15) is 0 Å². The summed E-state index contributed by atoms with van der Waals surface area (Å²) in [7, 11) is 0. The number of halogens is 1. The Morgan fingerprint density at radius 2 is 0.831 bits per heavy atom. The van der Waals surface area contributed by atoms with Crippen molar-refractivity contribution in [2.45, 2.75) is 0 Å². The highest BCUT2D eigenvalue weighted by Gasteiger charge is 2.28. The molecule has 5 heteroatoms. The number of rotatable bonds is 10. The van der Waals surface area contributed by atoms with Crippen molar-refractivity contribution in [3.63, 3.8) is 0 Å². The van der Waals surface area contributed by atoms with Crippen LogP contribution in [-0.2, 0) is 0 Å². The first-order valence-corrected chi connectivity index (χ1v) is 28.1. The fourth-order valence-electron chi connectivity index (χ4n) is 12.7. The quantitative estimate of drug-likeness (QED) is 0.128. The minimum atomic E-state index is -0.333. The number of ether oxygens (including phenoxy) is 1. The monoisotopic (exact) mass is 1060 g/mol. The van der Waals surface area contributed by atoms with E-state index in [1.54, 1.807) is 6.07 Å². The predicted molar refractivity (Wildman–Crippen MR) is 343 cm³/mol. The first-order chi connectivity index (χ1) is 41.1. The molecule has 15 aromatic rings. The Morgan fingerprint density at radius 1 is 0.277 bits per heavy atom. The third-order valence-electron chi connectivity index (χ3n) is 16.5. The number of fused-ring (bicyclic) bond motifs is 9. The molecular formula is C78H49FN2O2. The van der Waals surface area contributed by atoms with Crippen LogP contribution >= 0.6 is 0 Å². The zero-order valence-electron chi connectivity index (χ0n) is 44.9. The minimum Gasteiger partial charge on any atom is -0.456 e. The fourth-order valence-corrected chi connectivity index (χ4v) is 12.7. The van der Waals surface area contributed by atoms with Gasteiger partial charge in [-0.25, -0.2) is 4.39 Å². The second kappa shape index (κ2) is 19.7. The number of anilines is 6. The van der Waals surface area contributed by atoms with Crippen LogP contribution in [0.4, 0.5) is 38.5 Å². The van der Waals surface area contributed by atoms with Crippen molar-refractivity contribution in [2.24, 2.45) is 0 Å². The van der Waals surface area contributed by atoms with Gasteiger partial charge in [0.2, 0.25) is 0 Å². The van der Waals surface area contributed by atoms with Crippen molar-refractivity contribution in [1.82, 2.24) is 0 Å². The topological polar surface area (TPSA) is 28.9 Å². The van der Waals surface area contributed by atoms with Gasteiger partial charge < -0.3 is 19.0 Å². The Hall–Kier alpha value is -11.0. The van der Waals surface area contributed by atoms with E-state index in [1.165, 1.54) is 0 Å². The second-order valence-electron chi connectivity index (χ2n) is 21.2. The molecule has 0 bridgehead atoms. The number of hydrogen-bond donors (Lipinski definition) is 0. The van der Waals surface area contributed by atoms with E-state index < -0.39 is 0 Å². The summed E-state index contributed by atoms with van der Waals surface area (Å²) in [6, 6.07) is 103. The van der Waals surface area contributed by atoms with Crippen LogP contribution in [0, 0.1) is 5.82 Å². The molecule has 1 aliphatic rings. The van der Waals surface area contributed by atoms with E-state index in [1.807, 2.05) is 108 Å². The molecule has 1 aliphatic heterocycles. The molecule has 0 amide bonds. The summed E-state index contributed by atoms with van der Waals surface area (Å²) in [6.07, 6.45) is 0. The van der Waals surface area contributed by atoms with Crippen molar-refractivity contribution in [1.29, 1.82) is 0 Å². The SMILES string of the molecule is Fc1cc(-c2ccccc2)cc(-c2ccccc2)c1N(c1ccccc1)c1ccc2c(c1)Oc1cccc3c1c-2cc1c2ccccc2c(-c2ccc(N(c4ccccc4-c4ccccc4)c4cccc5c4oc4ccccc45)cc2)cc31. The Morgan fingerprint density at radius 3 is 1.60 bits per heavy atom. The van der Waals surface area contributed by atoms with Crippen LogP contribution in [0.25, 0.3) is 110 Å². The largest absolute Gasteiger partial charge is 0.456 e. The molecule has 1 aromatic heterocycles. The Balaban J connectivity index is 0.831. The lowest BCUT2D eigenvalue weighted by atomic mass is 9.86. The zero-order valence-corrected chi connectivity index (χ0v) is 44.9. The average molecular weight is 1070 g/mol. The van der Waals surface area contributed by atoms with Crippen LogP contribution < -0.4 is 14.5 Å². The third kappa shape index (κ3) is 8.04. The third-order valence-corrected chi connectivity index (χ3v) is 16.5. The van der Waals surface area contributed by atoms with Crippen molar-refractivity contribution >= 4 is 88.4 Å². The summed E-state index contributed by atoms with van der Waals surface area (Å²) in [5.41, 5.74) is 16.7. The van der Waals surface area contributed by atoms with E-state index in [9.17, 15) is 0 Å². The van der Waals surface area contributed by atoms with Crippen molar-refractivity contribution in [3.05, 3.63) is 303 Å². The normalized spacial score (nSPS) is 11.8. The Kier molecular flexibility index (Phi) is 11.4. The lowest BCUT2D eigenvalue weighted by Gasteiger charge is -2.30. The molecule has 4 nitrogen and oxygen atoms in total. The van der Waals surface area contributed by atoms with Gasteiger partial charge in [0.15, 0.2) is 5.58 Å². The summed E-state index contributed by atoms with van der Waals surface area (Å²) >= 11 is 0. The molecule has 0 fully saturated rings. The minimum absolute atomic E-state index is 0.333. The molecule has 0 N–H and O–H groups in total. The maximum Gasteiger partial charge on any atom is 0.159 e. The van der Waals surface area contributed by atoms with E-state index in [0.717, 1.165) is 144 Å². The van der Waals surface area contributed by atoms with Crippen LogP contribution in [0.3, 0.4) is 0 Å². The lowest BCUT2D eigenvalue weighted by molar-refractivity contribution is 0.487. The van der Waals surface area contributed by atoms with Gasteiger partial charge >= 0.3 is 0 Å². The van der Waals surface area contributed by atoms with E-state index in [0.29, 0.717) is 11.4 Å². The molecule has 14 aromatic carbocycles. The predicted octanol–water partition coefficient (Wildman–Crippen LogP) is 22.6. The molecule has 2 heterocycles. The molecule has 0 atom stereocenters. The molecule has 0 aliphatic carbocycles. The summed E-state index contributed by atoms with van der Waals surface area (Å²) in [6.45, 7) is 0. The summed E-state index contributed by atoms with van der Waals surface area (Å²) < 4.78 is 31.2. The molecule has 0 saturated carbocycles. The van der Waals surface area contributed by atoms with E-state index in [2.05, 4.69) is 193 Å². The highest BCUT2D eigenvalue weighted by Crippen LogP contribution is 2.54.